The highest BCUT2D eigenvalue weighted by Gasteiger charge is 2.12. The summed E-state index contributed by atoms with van der Waals surface area (Å²) < 4.78 is 37.2. The van der Waals surface area contributed by atoms with Crippen LogP contribution in [0.25, 0.3) is 11.4 Å². The van der Waals surface area contributed by atoms with Crippen LogP contribution in [0.1, 0.15) is 18.7 Å². The lowest BCUT2D eigenvalue weighted by molar-refractivity contribution is -0.116. The Morgan fingerprint density at radius 3 is 2.54 bits per heavy atom. The summed E-state index contributed by atoms with van der Waals surface area (Å²) in [6.07, 6.45) is 1.01. The maximum atomic E-state index is 13.5. The Bertz CT molecular complexity index is 954. The van der Waals surface area contributed by atoms with Crippen LogP contribution in [0.4, 0.5) is 14.5 Å². The first-order valence-electron chi connectivity index (χ1n) is 8.37. The number of nitrogens with one attached hydrogen (secondary N) is 1. The highest BCUT2D eigenvalue weighted by Crippen LogP contribution is 2.21. The molecule has 0 bridgehead atoms. The molecule has 1 aromatic heterocycles. The Labute approximate surface area is 173 Å². The van der Waals surface area contributed by atoms with Gasteiger partial charge in [0, 0.05) is 24.1 Å². The summed E-state index contributed by atoms with van der Waals surface area (Å²) in [5.41, 5.74) is 0.872. The SMILES string of the molecule is COc1ccc(-c2noc(CCCC(=O)Nc3cc(F)c(I)c(F)c3)n2)cc1. The van der Waals surface area contributed by atoms with Crippen molar-refractivity contribution in [2.75, 3.05) is 12.4 Å². The van der Waals surface area contributed by atoms with Gasteiger partial charge in [-0.15, -0.1) is 0 Å². The normalized spacial score (nSPS) is 10.7. The van der Waals surface area contributed by atoms with E-state index in [0.717, 1.165) is 23.4 Å². The number of rotatable bonds is 7. The first-order valence-corrected chi connectivity index (χ1v) is 9.45. The average Bonchev–Trinajstić information content (AvgIpc) is 3.15. The molecular weight excluding hydrogens is 483 g/mol. The largest absolute Gasteiger partial charge is 0.497 e. The van der Waals surface area contributed by atoms with Crippen LogP contribution in [0, 0.1) is 15.2 Å². The molecule has 1 heterocycles. The molecule has 6 nitrogen and oxygen atoms in total. The molecule has 3 aromatic rings. The van der Waals surface area contributed by atoms with Gasteiger partial charge in [0.1, 0.15) is 17.4 Å². The fraction of sp³-hybridized carbons (Fsp3) is 0.211. The monoisotopic (exact) mass is 499 g/mol. The molecule has 0 unspecified atom stereocenters. The second-order valence-corrected chi connectivity index (χ2v) is 6.97. The van der Waals surface area contributed by atoms with Gasteiger partial charge in [0.2, 0.25) is 17.6 Å². The maximum absolute atomic E-state index is 13.5. The smallest absolute Gasteiger partial charge is 0.226 e. The van der Waals surface area contributed by atoms with E-state index in [9.17, 15) is 13.6 Å². The van der Waals surface area contributed by atoms with Crippen LogP contribution in [0.15, 0.2) is 40.9 Å². The number of hydrogen-bond acceptors (Lipinski definition) is 5. The Kier molecular flexibility index (Phi) is 6.55. The van der Waals surface area contributed by atoms with Gasteiger partial charge in [-0.1, -0.05) is 5.16 Å². The number of anilines is 1. The van der Waals surface area contributed by atoms with Crippen molar-refractivity contribution in [2.45, 2.75) is 19.3 Å². The molecule has 0 fully saturated rings. The zero-order valence-electron chi connectivity index (χ0n) is 14.8. The molecular formula is C19H16F2IN3O3. The van der Waals surface area contributed by atoms with E-state index in [4.69, 9.17) is 9.26 Å². The minimum absolute atomic E-state index is 0.0833. The molecule has 1 amide bonds. The lowest BCUT2D eigenvalue weighted by atomic mass is 10.2. The van der Waals surface area contributed by atoms with E-state index >= 15 is 0 Å². The van der Waals surface area contributed by atoms with Crippen molar-refractivity contribution in [3.63, 3.8) is 0 Å². The third-order valence-electron chi connectivity index (χ3n) is 3.88. The second kappa shape index (κ2) is 9.09. The van der Waals surface area contributed by atoms with Crippen LogP contribution in [0.5, 0.6) is 5.75 Å². The van der Waals surface area contributed by atoms with Crippen LogP contribution in [0.3, 0.4) is 0 Å². The van der Waals surface area contributed by atoms with E-state index in [1.165, 1.54) is 0 Å². The summed E-state index contributed by atoms with van der Waals surface area (Å²) >= 11 is 1.57. The Morgan fingerprint density at radius 2 is 1.89 bits per heavy atom. The molecule has 0 aliphatic carbocycles. The summed E-state index contributed by atoms with van der Waals surface area (Å²) in [6, 6.07) is 9.40. The Hall–Kier alpha value is -2.56. The second-order valence-electron chi connectivity index (χ2n) is 5.90. The zero-order valence-corrected chi connectivity index (χ0v) is 17.0. The Balaban J connectivity index is 1.51. The number of carbonyl (C=O) groups excluding carboxylic acids is 1. The van der Waals surface area contributed by atoms with Gasteiger partial charge in [0.05, 0.1) is 10.7 Å². The number of amides is 1. The number of halogens is 3. The predicted molar refractivity (Wildman–Crippen MR) is 107 cm³/mol. The quantitative estimate of drug-likeness (QED) is 0.380. The lowest BCUT2D eigenvalue weighted by Crippen LogP contribution is -2.12. The topological polar surface area (TPSA) is 77.2 Å². The number of methoxy groups -OCH3 is 1. The van der Waals surface area contributed by atoms with Gasteiger partial charge < -0.3 is 14.6 Å². The average molecular weight is 499 g/mol. The minimum atomic E-state index is -0.715. The number of benzene rings is 2. The first-order chi connectivity index (χ1) is 13.5. The highest BCUT2D eigenvalue weighted by molar-refractivity contribution is 14.1. The van der Waals surface area contributed by atoms with E-state index < -0.39 is 11.6 Å². The summed E-state index contributed by atoms with van der Waals surface area (Å²) in [5.74, 6) is -0.196. The standard InChI is InChI=1S/C19H16F2IN3O3/c1-27-13-7-5-11(6-8-13)19-24-17(28-25-19)4-2-3-16(26)23-12-9-14(20)18(22)15(21)10-12/h5-10H,2-4H2,1H3,(H,23,26). The predicted octanol–water partition coefficient (Wildman–Crippen LogP) is 4.59. The molecule has 0 aliphatic heterocycles. The van der Waals surface area contributed by atoms with Crippen molar-refractivity contribution in [1.82, 2.24) is 10.1 Å². The number of aromatic nitrogens is 2. The van der Waals surface area contributed by atoms with Gasteiger partial charge in [-0.05, 0) is 65.4 Å². The first kappa shape index (κ1) is 20.2. The summed E-state index contributed by atoms with van der Waals surface area (Å²) in [5, 5.41) is 6.40. The summed E-state index contributed by atoms with van der Waals surface area (Å²) in [6.45, 7) is 0. The number of hydrogen-bond donors (Lipinski definition) is 1. The fourth-order valence-corrected chi connectivity index (χ4v) is 2.78. The van der Waals surface area contributed by atoms with Crippen molar-refractivity contribution in [3.05, 3.63) is 57.5 Å². The molecule has 0 spiro atoms. The highest BCUT2D eigenvalue weighted by atomic mass is 127. The molecule has 0 radical (unpaired) electrons. The molecule has 0 aliphatic rings. The molecule has 9 heteroatoms. The molecule has 0 saturated heterocycles. The van der Waals surface area contributed by atoms with Crippen LogP contribution in [-0.2, 0) is 11.2 Å². The van der Waals surface area contributed by atoms with Gasteiger partial charge in [-0.25, -0.2) is 8.78 Å². The van der Waals surface area contributed by atoms with Crippen molar-refractivity contribution in [3.8, 4) is 17.1 Å². The molecule has 2 aromatic carbocycles. The van der Waals surface area contributed by atoms with Crippen LogP contribution in [-0.4, -0.2) is 23.2 Å². The molecule has 28 heavy (non-hydrogen) atoms. The number of nitrogens with zero attached hydrogens (tertiary/aromatic N) is 2. The van der Waals surface area contributed by atoms with Crippen LogP contribution >= 0.6 is 22.6 Å². The molecule has 3 rings (SSSR count). The zero-order chi connectivity index (χ0) is 20.1. The van der Waals surface area contributed by atoms with Crippen molar-refractivity contribution in [2.24, 2.45) is 0 Å². The molecule has 1 N–H and O–H groups in total. The van der Waals surface area contributed by atoms with Crippen LogP contribution in [0.2, 0.25) is 0 Å². The van der Waals surface area contributed by atoms with Gasteiger partial charge >= 0.3 is 0 Å². The summed E-state index contributed by atoms with van der Waals surface area (Å²) in [4.78, 5) is 16.3. The minimum Gasteiger partial charge on any atom is -0.497 e. The molecule has 146 valence electrons. The van der Waals surface area contributed by atoms with Crippen LogP contribution < -0.4 is 10.1 Å². The molecule has 0 saturated carbocycles. The molecule has 0 atom stereocenters. The van der Waals surface area contributed by atoms with Gasteiger partial charge in [-0.2, -0.15) is 4.98 Å². The summed E-state index contributed by atoms with van der Waals surface area (Å²) in [7, 11) is 1.59. The number of carbonyl (C=O) groups is 1. The fourth-order valence-electron chi connectivity index (χ4n) is 2.47. The van der Waals surface area contributed by atoms with Crippen molar-refractivity contribution < 1.29 is 22.8 Å². The van der Waals surface area contributed by atoms with Gasteiger partial charge in [0.25, 0.3) is 0 Å². The van der Waals surface area contributed by atoms with Crippen molar-refractivity contribution in [1.29, 1.82) is 0 Å². The van der Waals surface area contributed by atoms with Gasteiger partial charge in [-0.3, -0.25) is 4.79 Å². The third kappa shape index (κ3) is 5.03. The van der Waals surface area contributed by atoms with E-state index in [-0.39, 0.29) is 21.6 Å². The number of ether oxygens (including phenoxy) is 1. The Morgan fingerprint density at radius 1 is 1.21 bits per heavy atom. The lowest BCUT2D eigenvalue weighted by Gasteiger charge is -2.06. The van der Waals surface area contributed by atoms with E-state index in [1.807, 2.05) is 12.1 Å². The van der Waals surface area contributed by atoms with E-state index in [1.54, 1.807) is 41.8 Å². The third-order valence-corrected chi connectivity index (χ3v) is 4.91. The van der Waals surface area contributed by atoms with E-state index in [0.29, 0.717) is 24.6 Å². The van der Waals surface area contributed by atoms with Gasteiger partial charge in [0.15, 0.2) is 0 Å². The van der Waals surface area contributed by atoms with Crippen molar-refractivity contribution >= 4 is 34.2 Å². The maximum Gasteiger partial charge on any atom is 0.226 e. The number of aryl methyl sites for hydroxylation is 1. The van der Waals surface area contributed by atoms with E-state index in [2.05, 4.69) is 15.5 Å².